The first-order chi connectivity index (χ1) is 10.4. The number of Topliss-reactive ketones (excluding diaryl/α,β-unsaturated/α-hetero) is 1. The van der Waals surface area contributed by atoms with Gasteiger partial charge in [-0.25, -0.2) is 0 Å². The molecule has 0 atom stereocenters. The van der Waals surface area contributed by atoms with Crippen LogP contribution in [0.15, 0.2) is 24.3 Å². The van der Waals surface area contributed by atoms with E-state index in [-0.39, 0.29) is 11.7 Å². The van der Waals surface area contributed by atoms with Gasteiger partial charge in [-0.1, -0.05) is 30.7 Å². The molecule has 1 aromatic heterocycles. The summed E-state index contributed by atoms with van der Waals surface area (Å²) in [5, 5.41) is 3.53. The zero-order valence-electron chi connectivity index (χ0n) is 12.9. The van der Waals surface area contributed by atoms with Crippen molar-refractivity contribution in [1.82, 2.24) is 10.3 Å². The molecular weight excluding hydrogens is 300 g/mol. The summed E-state index contributed by atoms with van der Waals surface area (Å²) in [6.45, 7) is 5.67. The van der Waals surface area contributed by atoms with E-state index in [1.807, 2.05) is 26.0 Å². The van der Waals surface area contributed by atoms with E-state index in [1.54, 1.807) is 12.1 Å². The van der Waals surface area contributed by atoms with E-state index < -0.39 is 0 Å². The Hall–Kier alpha value is -2.07. The highest BCUT2D eigenvalue weighted by Crippen LogP contribution is 2.20. The molecule has 0 bridgehead atoms. The number of hydrogen-bond acceptors (Lipinski definition) is 2. The highest BCUT2D eigenvalue weighted by Gasteiger charge is 2.21. The number of H-pyrrole nitrogens is 1. The van der Waals surface area contributed by atoms with Crippen LogP contribution >= 0.6 is 11.6 Å². The van der Waals surface area contributed by atoms with Gasteiger partial charge in [-0.3, -0.25) is 9.59 Å². The van der Waals surface area contributed by atoms with E-state index in [2.05, 4.69) is 10.3 Å². The number of ketones is 1. The lowest BCUT2D eigenvalue weighted by molar-refractivity contribution is 0.0945. The smallest absolute Gasteiger partial charge is 0.268 e. The molecule has 22 heavy (non-hydrogen) atoms. The number of aryl methyl sites for hydroxylation is 1. The number of amides is 1. The van der Waals surface area contributed by atoms with Crippen LogP contribution in [0.3, 0.4) is 0 Å². The average molecular weight is 319 g/mol. The number of benzene rings is 1. The quantitative estimate of drug-likeness (QED) is 0.826. The molecular formula is C17H19ClN2O2. The maximum absolute atomic E-state index is 12.4. The monoisotopic (exact) mass is 318 g/mol. The van der Waals surface area contributed by atoms with Crippen LogP contribution in [0.1, 0.15) is 51.5 Å². The second-order valence-corrected chi connectivity index (χ2v) is 5.63. The van der Waals surface area contributed by atoms with Gasteiger partial charge in [0, 0.05) is 22.8 Å². The lowest BCUT2D eigenvalue weighted by Crippen LogP contribution is -2.24. The van der Waals surface area contributed by atoms with Crippen LogP contribution in [0.25, 0.3) is 0 Å². The third-order valence-corrected chi connectivity index (χ3v) is 3.84. The highest BCUT2D eigenvalue weighted by molar-refractivity contribution is 6.30. The van der Waals surface area contributed by atoms with Crippen molar-refractivity contribution in [2.75, 3.05) is 0 Å². The maximum atomic E-state index is 12.4. The highest BCUT2D eigenvalue weighted by atomic mass is 35.5. The van der Waals surface area contributed by atoms with Crippen LogP contribution in [0, 0.1) is 6.92 Å². The van der Waals surface area contributed by atoms with Gasteiger partial charge in [0.2, 0.25) is 0 Å². The molecule has 1 amide bonds. The molecule has 2 aromatic rings. The number of nitrogens with one attached hydrogen (secondary N) is 2. The summed E-state index contributed by atoms with van der Waals surface area (Å²) in [6.07, 6.45) is 0.628. The Bertz CT molecular complexity index is 702. The SMILES string of the molecule is CCc1c(C(=O)NCc2ccc(Cl)cc2)[nH]c(C)c1C(C)=O. The van der Waals surface area contributed by atoms with Crippen LogP contribution in [-0.4, -0.2) is 16.7 Å². The molecule has 0 saturated carbocycles. The van der Waals surface area contributed by atoms with Gasteiger partial charge in [-0.15, -0.1) is 0 Å². The summed E-state index contributed by atoms with van der Waals surface area (Å²) >= 11 is 5.84. The van der Waals surface area contributed by atoms with Crippen LogP contribution in [0.2, 0.25) is 5.02 Å². The second-order valence-electron chi connectivity index (χ2n) is 5.20. The van der Waals surface area contributed by atoms with Gasteiger partial charge >= 0.3 is 0 Å². The minimum absolute atomic E-state index is 0.0256. The number of carbonyl (C=O) groups is 2. The fourth-order valence-electron chi connectivity index (χ4n) is 2.57. The van der Waals surface area contributed by atoms with E-state index in [1.165, 1.54) is 6.92 Å². The van der Waals surface area contributed by atoms with Crippen LogP contribution < -0.4 is 5.32 Å². The summed E-state index contributed by atoms with van der Waals surface area (Å²) in [4.78, 5) is 27.1. The second kappa shape index (κ2) is 6.79. The minimum atomic E-state index is -0.206. The van der Waals surface area contributed by atoms with E-state index in [9.17, 15) is 9.59 Å². The molecule has 0 radical (unpaired) electrons. The number of aromatic amines is 1. The zero-order chi connectivity index (χ0) is 16.3. The molecule has 0 aliphatic carbocycles. The van der Waals surface area contributed by atoms with Crippen molar-refractivity contribution in [3.8, 4) is 0 Å². The van der Waals surface area contributed by atoms with Crippen molar-refractivity contribution >= 4 is 23.3 Å². The molecule has 0 aliphatic rings. The number of hydrogen-bond donors (Lipinski definition) is 2. The van der Waals surface area contributed by atoms with Crippen molar-refractivity contribution in [2.24, 2.45) is 0 Å². The standard InChI is InChI=1S/C17H19ClN2O2/c1-4-14-15(11(3)21)10(2)20-16(14)17(22)19-9-12-5-7-13(18)8-6-12/h5-8,20H,4,9H2,1-3H3,(H,19,22). The Morgan fingerprint density at radius 1 is 1.23 bits per heavy atom. The van der Waals surface area contributed by atoms with Crippen molar-refractivity contribution in [3.05, 3.63) is 57.4 Å². The molecule has 2 rings (SSSR count). The first kappa shape index (κ1) is 16.3. The average Bonchev–Trinajstić information content (AvgIpc) is 2.83. The third kappa shape index (κ3) is 3.39. The number of halogens is 1. The molecule has 0 aliphatic heterocycles. The molecule has 2 N–H and O–H groups in total. The van der Waals surface area contributed by atoms with E-state index in [4.69, 9.17) is 11.6 Å². The van der Waals surface area contributed by atoms with Gasteiger partial charge in [-0.05, 0) is 43.5 Å². The van der Waals surface area contributed by atoms with Gasteiger partial charge in [-0.2, -0.15) is 0 Å². The first-order valence-corrected chi connectivity index (χ1v) is 7.56. The Morgan fingerprint density at radius 3 is 2.41 bits per heavy atom. The van der Waals surface area contributed by atoms with Crippen molar-refractivity contribution < 1.29 is 9.59 Å². The van der Waals surface area contributed by atoms with Gasteiger partial charge in [0.15, 0.2) is 5.78 Å². The first-order valence-electron chi connectivity index (χ1n) is 7.19. The van der Waals surface area contributed by atoms with Crippen LogP contribution in [0.5, 0.6) is 0 Å². The normalized spacial score (nSPS) is 10.5. The number of carbonyl (C=O) groups excluding carboxylic acids is 2. The predicted octanol–water partition coefficient (Wildman–Crippen LogP) is 3.67. The Morgan fingerprint density at radius 2 is 1.86 bits per heavy atom. The maximum Gasteiger partial charge on any atom is 0.268 e. The predicted molar refractivity (Wildman–Crippen MR) is 87.5 cm³/mol. The van der Waals surface area contributed by atoms with E-state index >= 15 is 0 Å². The lowest BCUT2D eigenvalue weighted by Gasteiger charge is -2.06. The van der Waals surface area contributed by atoms with Crippen LogP contribution in [0.4, 0.5) is 0 Å². The van der Waals surface area contributed by atoms with Crippen molar-refractivity contribution in [1.29, 1.82) is 0 Å². The fraction of sp³-hybridized carbons (Fsp3) is 0.294. The lowest BCUT2D eigenvalue weighted by atomic mass is 10.0. The minimum Gasteiger partial charge on any atom is -0.354 e. The topological polar surface area (TPSA) is 62.0 Å². The number of rotatable bonds is 5. The molecule has 1 heterocycles. The molecule has 116 valence electrons. The molecule has 0 saturated heterocycles. The fourth-order valence-corrected chi connectivity index (χ4v) is 2.70. The summed E-state index contributed by atoms with van der Waals surface area (Å²) in [5.41, 5.74) is 3.57. The Kier molecular flexibility index (Phi) is 5.03. The van der Waals surface area contributed by atoms with Gasteiger partial charge in [0.05, 0.1) is 0 Å². The summed E-state index contributed by atoms with van der Waals surface area (Å²) in [7, 11) is 0. The van der Waals surface area contributed by atoms with Gasteiger partial charge < -0.3 is 10.3 Å². The Balaban J connectivity index is 2.17. The molecule has 0 spiro atoms. The molecule has 0 unspecified atom stereocenters. The third-order valence-electron chi connectivity index (χ3n) is 3.59. The summed E-state index contributed by atoms with van der Waals surface area (Å²) in [5.74, 6) is -0.232. The van der Waals surface area contributed by atoms with Crippen molar-refractivity contribution in [2.45, 2.75) is 33.7 Å². The Labute approximate surface area is 134 Å². The van der Waals surface area contributed by atoms with Crippen molar-refractivity contribution in [3.63, 3.8) is 0 Å². The molecule has 1 aromatic carbocycles. The molecule has 4 nitrogen and oxygen atoms in total. The van der Waals surface area contributed by atoms with Gasteiger partial charge in [0.1, 0.15) is 5.69 Å². The summed E-state index contributed by atoms with van der Waals surface area (Å²) < 4.78 is 0. The molecule has 0 fully saturated rings. The van der Waals surface area contributed by atoms with E-state index in [0.29, 0.717) is 29.2 Å². The molecule has 5 heteroatoms. The largest absolute Gasteiger partial charge is 0.354 e. The van der Waals surface area contributed by atoms with Crippen LogP contribution in [-0.2, 0) is 13.0 Å². The summed E-state index contributed by atoms with van der Waals surface area (Å²) in [6, 6.07) is 7.30. The zero-order valence-corrected chi connectivity index (χ0v) is 13.7. The number of aromatic nitrogens is 1. The van der Waals surface area contributed by atoms with E-state index in [0.717, 1.165) is 16.8 Å². The van der Waals surface area contributed by atoms with Gasteiger partial charge in [0.25, 0.3) is 5.91 Å².